The van der Waals surface area contributed by atoms with Crippen molar-refractivity contribution in [3.8, 4) is 0 Å². The lowest BCUT2D eigenvalue weighted by molar-refractivity contribution is 0.0636. The van der Waals surface area contributed by atoms with E-state index in [2.05, 4.69) is 22.4 Å². The molecule has 31 heavy (non-hydrogen) atoms. The number of benzene rings is 2. The van der Waals surface area contributed by atoms with Gasteiger partial charge in [0, 0.05) is 12.0 Å². The van der Waals surface area contributed by atoms with Crippen LogP contribution >= 0.6 is 0 Å². The molecule has 0 bridgehead atoms. The highest BCUT2D eigenvalue weighted by molar-refractivity contribution is 5.98. The molecular formula is C24H26FN3O3. The van der Waals surface area contributed by atoms with E-state index < -0.39 is 17.5 Å². The molecule has 0 unspecified atom stereocenters. The number of anilines is 1. The summed E-state index contributed by atoms with van der Waals surface area (Å²) in [7, 11) is 0. The van der Waals surface area contributed by atoms with Crippen LogP contribution in [0.4, 0.5) is 14.9 Å². The maximum absolute atomic E-state index is 14.6. The molecular weight excluding hydrogens is 397 g/mol. The standard InChI is InChI=1S/C24H26FN3O3/c1-14-26-21-17(25)11-12-18(27-23(30)31-24(2,3)4)20(21)22(29)28(14)19-13-10-16(19)15-8-6-5-7-9-15/h5-9,11-12,16,19H,10,13H2,1-4H3,(H,27,30)/t16-,19+/m1/s1. The summed E-state index contributed by atoms with van der Waals surface area (Å²) in [6.45, 7) is 6.95. The van der Waals surface area contributed by atoms with E-state index in [0.717, 1.165) is 18.4 Å². The smallest absolute Gasteiger partial charge is 0.412 e. The van der Waals surface area contributed by atoms with E-state index in [1.54, 1.807) is 32.3 Å². The molecule has 0 radical (unpaired) electrons. The first-order valence-corrected chi connectivity index (χ1v) is 10.4. The molecule has 1 amide bonds. The Bertz CT molecular complexity index is 1200. The van der Waals surface area contributed by atoms with Crippen LogP contribution in [0.3, 0.4) is 0 Å². The molecule has 1 aromatic heterocycles. The zero-order valence-corrected chi connectivity index (χ0v) is 18.1. The van der Waals surface area contributed by atoms with Gasteiger partial charge >= 0.3 is 6.09 Å². The van der Waals surface area contributed by atoms with Crippen LogP contribution in [-0.4, -0.2) is 21.2 Å². The summed E-state index contributed by atoms with van der Waals surface area (Å²) in [4.78, 5) is 30.3. The average Bonchev–Trinajstić information content (AvgIpc) is 2.65. The van der Waals surface area contributed by atoms with Crippen LogP contribution in [0, 0.1) is 12.7 Å². The van der Waals surface area contributed by atoms with Crippen LogP contribution in [0.2, 0.25) is 0 Å². The Morgan fingerprint density at radius 3 is 2.48 bits per heavy atom. The van der Waals surface area contributed by atoms with Crippen LogP contribution in [0.1, 0.15) is 57.0 Å². The zero-order valence-electron chi connectivity index (χ0n) is 18.1. The number of fused-ring (bicyclic) bond motifs is 1. The lowest BCUT2D eigenvalue weighted by Crippen LogP contribution is -2.37. The number of carbonyl (C=O) groups excluding carboxylic acids is 1. The van der Waals surface area contributed by atoms with Gasteiger partial charge in [-0.3, -0.25) is 14.7 Å². The maximum Gasteiger partial charge on any atom is 0.412 e. The first kappa shape index (κ1) is 21.0. The molecule has 0 aliphatic heterocycles. The van der Waals surface area contributed by atoms with Crippen LogP contribution in [0.25, 0.3) is 10.9 Å². The van der Waals surface area contributed by atoms with E-state index in [-0.39, 0.29) is 34.1 Å². The van der Waals surface area contributed by atoms with Crippen LogP contribution in [0.5, 0.6) is 0 Å². The molecule has 0 saturated heterocycles. The Hall–Kier alpha value is -3.22. The highest BCUT2D eigenvalue weighted by Gasteiger charge is 2.36. The molecule has 1 aliphatic rings. The van der Waals surface area contributed by atoms with E-state index in [1.165, 1.54) is 12.1 Å². The molecule has 1 N–H and O–H groups in total. The van der Waals surface area contributed by atoms with Crippen molar-refractivity contribution in [3.63, 3.8) is 0 Å². The van der Waals surface area contributed by atoms with Gasteiger partial charge in [-0.05, 0) is 58.2 Å². The predicted molar refractivity (Wildman–Crippen MR) is 118 cm³/mol. The van der Waals surface area contributed by atoms with Crippen molar-refractivity contribution < 1.29 is 13.9 Å². The van der Waals surface area contributed by atoms with E-state index in [0.29, 0.717) is 5.82 Å². The summed E-state index contributed by atoms with van der Waals surface area (Å²) in [6, 6.07) is 12.5. The number of amides is 1. The van der Waals surface area contributed by atoms with Crippen molar-refractivity contribution in [2.24, 2.45) is 0 Å². The monoisotopic (exact) mass is 423 g/mol. The Morgan fingerprint density at radius 1 is 1.16 bits per heavy atom. The minimum absolute atomic E-state index is 0.0511. The average molecular weight is 423 g/mol. The van der Waals surface area contributed by atoms with Gasteiger partial charge in [0.25, 0.3) is 5.56 Å². The van der Waals surface area contributed by atoms with Crippen molar-refractivity contribution in [1.29, 1.82) is 0 Å². The van der Waals surface area contributed by atoms with Crippen molar-refractivity contribution in [3.05, 3.63) is 70.0 Å². The second-order valence-electron chi connectivity index (χ2n) is 8.94. The Morgan fingerprint density at radius 2 is 1.87 bits per heavy atom. The Kier molecular flexibility index (Phi) is 5.29. The van der Waals surface area contributed by atoms with Crippen LogP contribution in [-0.2, 0) is 4.74 Å². The normalized spacial score (nSPS) is 18.5. The molecule has 2 atom stereocenters. The fourth-order valence-corrected chi connectivity index (χ4v) is 4.16. The fraction of sp³-hybridized carbons (Fsp3) is 0.375. The van der Waals surface area contributed by atoms with Gasteiger partial charge in [0.2, 0.25) is 0 Å². The summed E-state index contributed by atoms with van der Waals surface area (Å²) in [5.74, 6) is 0.0365. The lowest BCUT2D eigenvalue weighted by atomic mass is 9.74. The van der Waals surface area contributed by atoms with Gasteiger partial charge in [-0.25, -0.2) is 14.2 Å². The van der Waals surface area contributed by atoms with Crippen LogP contribution in [0.15, 0.2) is 47.3 Å². The van der Waals surface area contributed by atoms with Gasteiger partial charge < -0.3 is 4.74 Å². The second kappa shape index (κ2) is 7.80. The summed E-state index contributed by atoms with van der Waals surface area (Å²) in [6.07, 6.45) is 1.08. The Labute approximate surface area is 180 Å². The number of hydrogen-bond acceptors (Lipinski definition) is 4. The number of rotatable bonds is 3. The molecule has 0 spiro atoms. The fourth-order valence-electron chi connectivity index (χ4n) is 4.16. The molecule has 2 aromatic carbocycles. The quantitative estimate of drug-likeness (QED) is 0.620. The number of ether oxygens (including phenoxy) is 1. The number of halogens is 1. The summed E-state index contributed by atoms with van der Waals surface area (Å²) < 4.78 is 21.5. The minimum atomic E-state index is -0.710. The van der Waals surface area contributed by atoms with Gasteiger partial charge in [0.1, 0.15) is 22.8 Å². The molecule has 1 aliphatic carbocycles. The highest BCUT2D eigenvalue weighted by Crippen LogP contribution is 2.45. The number of aromatic nitrogens is 2. The third-order valence-electron chi connectivity index (χ3n) is 5.62. The predicted octanol–water partition coefficient (Wildman–Crippen LogP) is 5.31. The third kappa shape index (κ3) is 4.04. The lowest BCUT2D eigenvalue weighted by Gasteiger charge is -2.39. The van der Waals surface area contributed by atoms with Gasteiger partial charge in [0.15, 0.2) is 0 Å². The molecule has 7 heteroatoms. The van der Waals surface area contributed by atoms with Crippen molar-refractivity contribution >= 4 is 22.7 Å². The van der Waals surface area contributed by atoms with E-state index in [1.807, 2.05) is 18.2 Å². The molecule has 162 valence electrons. The summed E-state index contributed by atoms with van der Waals surface area (Å²) in [5, 5.41) is 2.64. The topological polar surface area (TPSA) is 73.2 Å². The number of nitrogens with zero attached hydrogens (tertiary/aromatic N) is 2. The van der Waals surface area contributed by atoms with E-state index in [4.69, 9.17) is 4.74 Å². The van der Waals surface area contributed by atoms with Crippen LogP contribution < -0.4 is 10.9 Å². The molecule has 1 heterocycles. The number of hydrogen-bond donors (Lipinski definition) is 1. The highest BCUT2D eigenvalue weighted by atomic mass is 19.1. The van der Waals surface area contributed by atoms with Crippen molar-refractivity contribution in [1.82, 2.24) is 9.55 Å². The first-order chi connectivity index (χ1) is 14.7. The summed E-state index contributed by atoms with van der Waals surface area (Å²) in [5.41, 5.74) is 0.231. The van der Waals surface area contributed by atoms with Crippen molar-refractivity contribution in [2.75, 3.05) is 5.32 Å². The van der Waals surface area contributed by atoms with E-state index in [9.17, 15) is 14.0 Å². The first-order valence-electron chi connectivity index (χ1n) is 10.4. The molecule has 6 nitrogen and oxygen atoms in total. The zero-order chi connectivity index (χ0) is 22.3. The minimum Gasteiger partial charge on any atom is -0.444 e. The molecule has 4 rings (SSSR count). The molecule has 1 fully saturated rings. The van der Waals surface area contributed by atoms with Gasteiger partial charge in [0.05, 0.1) is 11.1 Å². The Balaban J connectivity index is 1.80. The number of carbonyl (C=O) groups is 1. The van der Waals surface area contributed by atoms with E-state index >= 15 is 0 Å². The summed E-state index contributed by atoms with van der Waals surface area (Å²) >= 11 is 0. The van der Waals surface area contributed by atoms with Crippen molar-refractivity contribution in [2.45, 2.75) is 58.1 Å². The van der Waals surface area contributed by atoms with Gasteiger partial charge in [-0.1, -0.05) is 30.3 Å². The van der Waals surface area contributed by atoms with Gasteiger partial charge in [-0.15, -0.1) is 0 Å². The molecule has 3 aromatic rings. The number of nitrogens with one attached hydrogen (secondary N) is 1. The maximum atomic E-state index is 14.6. The third-order valence-corrected chi connectivity index (χ3v) is 5.62. The number of aryl methyl sites for hydroxylation is 1. The SMILES string of the molecule is Cc1nc2c(F)ccc(NC(=O)OC(C)(C)C)c2c(=O)n1[C@H]1CC[C@@H]1c1ccccc1. The largest absolute Gasteiger partial charge is 0.444 e. The second-order valence-corrected chi connectivity index (χ2v) is 8.94. The van der Waals surface area contributed by atoms with Gasteiger partial charge in [-0.2, -0.15) is 0 Å². The molecule has 1 saturated carbocycles.